The molecule has 1 fully saturated rings. The van der Waals surface area contributed by atoms with Crippen LogP contribution in [0.25, 0.3) is 11.0 Å². The first-order chi connectivity index (χ1) is 10.7. The predicted molar refractivity (Wildman–Crippen MR) is 86.8 cm³/mol. The Balaban J connectivity index is 1.59. The third-order valence-electron chi connectivity index (χ3n) is 3.58. The van der Waals surface area contributed by atoms with Gasteiger partial charge in [0.05, 0.1) is 18.8 Å². The topological polar surface area (TPSA) is 67.4 Å². The van der Waals surface area contributed by atoms with Crippen LogP contribution in [0.2, 0.25) is 0 Å². The Labute approximate surface area is 137 Å². The number of carbonyl (C=O) groups excluding carboxylic acids is 1. The van der Waals surface area contributed by atoms with E-state index in [4.69, 9.17) is 4.74 Å². The second-order valence-electron chi connectivity index (χ2n) is 5.13. The van der Waals surface area contributed by atoms with Crippen molar-refractivity contribution in [2.45, 2.75) is 0 Å². The van der Waals surface area contributed by atoms with Crippen molar-refractivity contribution in [1.29, 1.82) is 0 Å². The third-order valence-corrected chi connectivity index (χ3v) is 4.01. The smallest absolute Gasteiger partial charge is 0.252 e. The second-order valence-corrected chi connectivity index (χ2v) is 6.05. The van der Waals surface area contributed by atoms with E-state index in [1.54, 1.807) is 12.4 Å². The summed E-state index contributed by atoms with van der Waals surface area (Å²) in [4.78, 5) is 22.9. The van der Waals surface area contributed by atoms with Gasteiger partial charge in [0.15, 0.2) is 5.65 Å². The zero-order valence-corrected chi connectivity index (χ0v) is 13.7. The maximum absolute atomic E-state index is 12.2. The van der Waals surface area contributed by atoms with Crippen LogP contribution in [0.1, 0.15) is 10.4 Å². The molecule has 7 heteroatoms. The molecule has 0 atom stereocenters. The molecule has 1 N–H and O–H groups in total. The zero-order valence-electron chi connectivity index (χ0n) is 12.1. The van der Waals surface area contributed by atoms with Gasteiger partial charge in [0.25, 0.3) is 5.91 Å². The van der Waals surface area contributed by atoms with Crippen LogP contribution in [0.3, 0.4) is 0 Å². The van der Waals surface area contributed by atoms with Crippen molar-refractivity contribution in [3.05, 3.63) is 34.6 Å². The summed E-state index contributed by atoms with van der Waals surface area (Å²) in [6.07, 6.45) is 3.25. The highest BCUT2D eigenvalue weighted by Crippen LogP contribution is 2.16. The number of hydrogen-bond donors (Lipinski definition) is 1. The van der Waals surface area contributed by atoms with Gasteiger partial charge in [-0.25, -0.2) is 9.97 Å². The van der Waals surface area contributed by atoms with Crippen LogP contribution in [0.4, 0.5) is 0 Å². The maximum atomic E-state index is 12.2. The van der Waals surface area contributed by atoms with E-state index in [1.807, 2.05) is 12.1 Å². The van der Waals surface area contributed by atoms with Gasteiger partial charge in [0.2, 0.25) is 0 Å². The van der Waals surface area contributed by atoms with E-state index in [1.165, 1.54) is 0 Å². The summed E-state index contributed by atoms with van der Waals surface area (Å²) in [5.41, 5.74) is 1.18. The lowest BCUT2D eigenvalue weighted by Gasteiger charge is -2.26. The molecule has 2 aromatic heterocycles. The lowest BCUT2D eigenvalue weighted by atomic mass is 10.2. The van der Waals surface area contributed by atoms with Crippen molar-refractivity contribution in [1.82, 2.24) is 20.2 Å². The number of aromatic nitrogens is 2. The second kappa shape index (κ2) is 7.13. The normalized spacial score (nSPS) is 15.9. The Morgan fingerprint density at radius 1 is 1.27 bits per heavy atom. The first-order valence-electron chi connectivity index (χ1n) is 7.22. The zero-order chi connectivity index (χ0) is 15.4. The molecule has 1 aliphatic heterocycles. The molecule has 1 amide bonds. The number of halogens is 1. The van der Waals surface area contributed by atoms with Gasteiger partial charge in [-0.15, -0.1) is 0 Å². The van der Waals surface area contributed by atoms with Gasteiger partial charge in [-0.3, -0.25) is 9.69 Å². The first-order valence-corrected chi connectivity index (χ1v) is 8.01. The molecule has 1 aliphatic rings. The summed E-state index contributed by atoms with van der Waals surface area (Å²) in [5, 5.41) is 3.77. The van der Waals surface area contributed by atoms with E-state index in [0.717, 1.165) is 42.7 Å². The Kier molecular flexibility index (Phi) is 4.97. The number of amides is 1. The molecule has 0 radical (unpaired) electrons. The molecule has 0 aliphatic carbocycles. The van der Waals surface area contributed by atoms with Gasteiger partial charge in [-0.2, -0.15) is 0 Å². The van der Waals surface area contributed by atoms with E-state index in [0.29, 0.717) is 17.8 Å². The lowest BCUT2D eigenvalue weighted by Crippen LogP contribution is -2.41. The van der Waals surface area contributed by atoms with Crippen molar-refractivity contribution in [3.63, 3.8) is 0 Å². The number of carbonyl (C=O) groups is 1. The number of hydrogen-bond acceptors (Lipinski definition) is 5. The minimum atomic E-state index is -0.109. The molecule has 3 rings (SSSR count). The van der Waals surface area contributed by atoms with Crippen LogP contribution in [-0.2, 0) is 4.74 Å². The standard InChI is InChI=1S/C15H17BrN4O2/c16-13-8-11-7-12(9-18-14(11)19-10-13)15(21)17-1-2-20-3-5-22-6-4-20/h7-10H,1-6H2,(H,17,21). The molecule has 0 unspecified atom stereocenters. The number of nitrogens with one attached hydrogen (secondary N) is 1. The summed E-state index contributed by atoms with van der Waals surface area (Å²) in [6, 6.07) is 3.71. The molecule has 22 heavy (non-hydrogen) atoms. The van der Waals surface area contributed by atoms with E-state index in [2.05, 4.69) is 36.1 Å². The Morgan fingerprint density at radius 3 is 2.86 bits per heavy atom. The molecule has 3 heterocycles. The summed E-state index contributed by atoms with van der Waals surface area (Å²) < 4.78 is 6.17. The number of ether oxygens (including phenoxy) is 1. The van der Waals surface area contributed by atoms with E-state index >= 15 is 0 Å². The molecule has 2 aromatic rings. The molecular weight excluding hydrogens is 348 g/mol. The molecule has 0 saturated carbocycles. The van der Waals surface area contributed by atoms with Crippen LogP contribution in [0.15, 0.2) is 29.0 Å². The third kappa shape index (κ3) is 3.79. The molecule has 0 bridgehead atoms. The van der Waals surface area contributed by atoms with Crippen molar-refractivity contribution in [2.24, 2.45) is 0 Å². The van der Waals surface area contributed by atoms with Gasteiger partial charge in [-0.1, -0.05) is 0 Å². The molecule has 0 aromatic carbocycles. The Hall–Kier alpha value is -1.57. The van der Waals surface area contributed by atoms with Crippen LogP contribution in [0, 0.1) is 0 Å². The lowest BCUT2D eigenvalue weighted by molar-refractivity contribution is 0.0383. The maximum Gasteiger partial charge on any atom is 0.252 e. The number of morpholine rings is 1. The fourth-order valence-corrected chi connectivity index (χ4v) is 2.72. The molecule has 6 nitrogen and oxygen atoms in total. The summed E-state index contributed by atoms with van der Waals surface area (Å²) in [5.74, 6) is -0.109. The predicted octanol–water partition coefficient (Wildman–Crippen LogP) is 1.45. The van der Waals surface area contributed by atoms with Crippen molar-refractivity contribution in [2.75, 3.05) is 39.4 Å². The number of fused-ring (bicyclic) bond motifs is 1. The van der Waals surface area contributed by atoms with Crippen molar-refractivity contribution in [3.8, 4) is 0 Å². The fourth-order valence-electron chi connectivity index (χ4n) is 2.38. The Bertz CT molecular complexity index is 674. The van der Waals surface area contributed by atoms with Gasteiger partial charge < -0.3 is 10.1 Å². The first kappa shape index (κ1) is 15.3. The summed E-state index contributed by atoms with van der Waals surface area (Å²) >= 11 is 3.37. The van der Waals surface area contributed by atoms with Crippen LogP contribution >= 0.6 is 15.9 Å². The van der Waals surface area contributed by atoms with Gasteiger partial charge in [0, 0.05) is 48.4 Å². The Morgan fingerprint density at radius 2 is 2.05 bits per heavy atom. The van der Waals surface area contributed by atoms with Crippen molar-refractivity contribution >= 4 is 32.9 Å². The van der Waals surface area contributed by atoms with Crippen LogP contribution in [0.5, 0.6) is 0 Å². The number of nitrogens with zero attached hydrogens (tertiary/aromatic N) is 3. The van der Waals surface area contributed by atoms with Crippen molar-refractivity contribution < 1.29 is 9.53 Å². The molecular formula is C15H17BrN4O2. The SMILES string of the molecule is O=C(NCCN1CCOCC1)c1cnc2ncc(Br)cc2c1. The average molecular weight is 365 g/mol. The van der Waals surface area contributed by atoms with Gasteiger partial charge in [0.1, 0.15) is 0 Å². The number of pyridine rings is 2. The minimum Gasteiger partial charge on any atom is -0.379 e. The highest BCUT2D eigenvalue weighted by Gasteiger charge is 2.11. The van der Waals surface area contributed by atoms with E-state index in [-0.39, 0.29) is 5.91 Å². The number of rotatable bonds is 4. The monoisotopic (exact) mass is 364 g/mol. The fraction of sp³-hybridized carbons (Fsp3) is 0.400. The quantitative estimate of drug-likeness (QED) is 0.889. The highest BCUT2D eigenvalue weighted by molar-refractivity contribution is 9.10. The highest BCUT2D eigenvalue weighted by atomic mass is 79.9. The van der Waals surface area contributed by atoms with E-state index in [9.17, 15) is 4.79 Å². The van der Waals surface area contributed by atoms with Gasteiger partial charge in [-0.05, 0) is 28.1 Å². The largest absolute Gasteiger partial charge is 0.379 e. The average Bonchev–Trinajstić information content (AvgIpc) is 2.55. The molecule has 0 spiro atoms. The molecule has 116 valence electrons. The summed E-state index contributed by atoms with van der Waals surface area (Å²) in [7, 11) is 0. The van der Waals surface area contributed by atoms with Gasteiger partial charge >= 0.3 is 0 Å². The van der Waals surface area contributed by atoms with Crippen LogP contribution in [-0.4, -0.2) is 60.2 Å². The van der Waals surface area contributed by atoms with Crippen LogP contribution < -0.4 is 5.32 Å². The molecule has 1 saturated heterocycles. The van der Waals surface area contributed by atoms with E-state index < -0.39 is 0 Å². The summed E-state index contributed by atoms with van der Waals surface area (Å²) in [6.45, 7) is 4.84. The minimum absolute atomic E-state index is 0.109.